The van der Waals surface area contributed by atoms with E-state index < -0.39 is 24.0 Å². The Kier molecular flexibility index (Phi) is 9.00. The second-order valence-corrected chi connectivity index (χ2v) is 10.9. The fourth-order valence-corrected chi connectivity index (χ4v) is 5.50. The van der Waals surface area contributed by atoms with E-state index in [0.29, 0.717) is 38.0 Å². The van der Waals surface area contributed by atoms with Crippen LogP contribution in [0.3, 0.4) is 0 Å². The summed E-state index contributed by atoms with van der Waals surface area (Å²) >= 11 is 0. The van der Waals surface area contributed by atoms with Crippen LogP contribution in [-0.2, 0) is 22.6 Å². The molecule has 1 saturated heterocycles. The Morgan fingerprint density at radius 1 is 0.884 bits per heavy atom. The molecule has 220 valence electrons. The minimum Gasteiger partial charge on any atom is -0.366 e. The predicted octanol–water partition coefficient (Wildman–Crippen LogP) is 4.32. The normalized spacial score (nSPS) is 15.1. The summed E-state index contributed by atoms with van der Waals surface area (Å²) in [5.74, 6) is -1.21. The predicted molar refractivity (Wildman–Crippen MR) is 166 cm³/mol. The molecule has 1 heterocycles. The lowest BCUT2D eigenvalue weighted by Gasteiger charge is -2.29. The molecule has 0 saturated carbocycles. The molecule has 1 fully saturated rings. The molecule has 1 aliphatic rings. The third-order valence-corrected chi connectivity index (χ3v) is 7.72. The molecule has 9 heteroatoms. The highest BCUT2D eigenvalue weighted by molar-refractivity contribution is 5.98. The molecule has 43 heavy (non-hydrogen) atoms. The van der Waals surface area contributed by atoms with Crippen LogP contribution >= 0.6 is 0 Å². The minimum atomic E-state index is -0.833. The minimum absolute atomic E-state index is 0.220. The van der Waals surface area contributed by atoms with Crippen LogP contribution in [-0.4, -0.2) is 59.2 Å². The van der Waals surface area contributed by atoms with Gasteiger partial charge in [-0.2, -0.15) is 0 Å². The molecular weight excluding hydrogens is 542 g/mol. The van der Waals surface area contributed by atoms with Gasteiger partial charge in [-0.1, -0.05) is 78.9 Å². The van der Waals surface area contributed by atoms with E-state index in [1.54, 1.807) is 30.1 Å². The number of likely N-dealkylation sites (tertiary alicyclic amines) is 1. The summed E-state index contributed by atoms with van der Waals surface area (Å²) in [7, 11) is 1.73. The van der Waals surface area contributed by atoms with Crippen LogP contribution in [0.15, 0.2) is 97.1 Å². The Hall–Kier alpha value is -5.18. The van der Waals surface area contributed by atoms with Gasteiger partial charge in [0, 0.05) is 37.8 Å². The lowest BCUT2D eigenvalue weighted by molar-refractivity contribution is -0.136. The first-order chi connectivity index (χ1) is 20.8. The van der Waals surface area contributed by atoms with Crippen LogP contribution in [0.1, 0.15) is 34.3 Å². The van der Waals surface area contributed by atoms with Crippen molar-refractivity contribution in [2.45, 2.75) is 37.9 Å². The highest BCUT2D eigenvalue weighted by Gasteiger charge is 2.36. The van der Waals surface area contributed by atoms with E-state index in [-0.39, 0.29) is 17.4 Å². The summed E-state index contributed by atoms with van der Waals surface area (Å²) in [4.78, 5) is 55.3. The number of nitrogens with one attached hydrogen (secondary N) is 2. The molecular formula is C34H35N5O4. The number of likely N-dealkylation sites (N-methyl/N-ethyl adjacent to an activating group) is 1. The first-order valence-electron chi connectivity index (χ1n) is 14.3. The number of hydrogen-bond donors (Lipinski definition) is 3. The van der Waals surface area contributed by atoms with E-state index in [1.165, 1.54) is 11.0 Å². The van der Waals surface area contributed by atoms with E-state index in [1.807, 2.05) is 72.8 Å². The van der Waals surface area contributed by atoms with Crippen LogP contribution in [0.25, 0.3) is 10.8 Å². The van der Waals surface area contributed by atoms with Crippen LogP contribution in [0, 0.1) is 0 Å². The molecule has 0 bridgehead atoms. The van der Waals surface area contributed by atoms with Gasteiger partial charge < -0.3 is 26.2 Å². The van der Waals surface area contributed by atoms with Gasteiger partial charge in [0.25, 0.3) is 0 Å². The molecule has 0 radical (unpaired) electrons. The number of anilines is 1. The molecule has 0 aliphatic carbocycles. The van der Waals surface area contributed by atoms with Gasteiger partial charge in [0.1, 0.15) is 12.1 Å². The monoisotopic (exact) mass is 577 g/mol. The summed E-state index contributed by atoms with van der Waals surface area (Å²) in [6.07, 6.45) is 1.41. The molecule has 0 aromatic heterocycles. The molecule has 4 aromatic rings. The second kappa shape index (κ2) is 13.2. The number of hydrogen-bond acceptors (Lipinski definition) is 4. The number of nitrogens with zero attached hydrogens (tertiary/aromatic N) is 2. The smallest absolute Gasteiger partial charge is 0.322 e. The molecule has 4 N–H and O–H groups in total. The standard InChI is InChI=1S/C34H35N5O4/c1-38(22-23-9-3-2-4-10-23)33(42)29(20-24-16-17-25-11-5-6-12-26(25)19-24)37-32(41)30-15-8-18-39(30)34(43)36-28-14-7-13-27(21-28)31(35)40/h2-7,9-14,16-17,19,21,29-30H,8,15,18,20,22H2,1H3,(H2,35,40)(H,36,43)(H,37,41)/t29-,30-/m0/s1. The SMILES string of the molecule is CN(Cc1ccccc1)C(=O)[C@H](Cc1ccc2ccccc2c1)NC(=O)[C@@H]1CCCN1C(=O)Nc1cccc(C(N)=O)c1. The first-order valence-corrected chi connectivity index (χ1v) is 14.3. The van der Waals surface area contributed by atoms with Gasteiger partial charge in [-0.15, -0.1) is 0 Å². The van der Waals surface area contributed by atoms with E-state index in [0.717, 1.165) is 21.9 Å². The molecule has 0 spiro atoms. The third kappa shape index (κ3) is 7.19. The van der Waals surface area contributed by atoms with Crippen molar-refractivity contribution >= 4 is 40.2 Å². The van der Waals surface area contributed by atoms with Crippen LogP contribution in [0.2, 0.25) is 0 Å². The van der Waals surface area contributed by atoms with Gasteiger partial charge in [-0.3, -0.25) is 14.4 Å². The summed E-state index contributed by atoms with van der Waals surface area (Å²) < 4.78 is 0. The third-order valence-electron chi connectivity index (χ3n) is 7.72. The Morgan fingerprint density at radius 3 is 2.40 bits per heavy atom. The van der Waals surface area contributed by atoms with Gasteiger partial charge in [0.05, 0.1) is 0 Å². The topological polar surface area (TPSA) is 125 Å². The van der Waals surface area contributed by atoms with Crippen molar-refractivity contribution in [2.24, 2.45) is 5.73 Å². The number of fused-ring (bicyclic) bond motifs is 1. The van der Waals surface area contributed by atoms with Crippen molar-refractivity contribution in [2.75, 3.05) is 18.9 Å². The molecule has 2 atom stereocenters. The zero-order chi connectivity index (χ0) is 30.3. The molecule has 0 unspecified atom stereocenters. The Labute approximate surface area is 250 Å². The Morgan fingerprint density at radius 2 is 1.63 bits per heavy atom. The summed E-state index contributed by atoms with van der Waals surface area (Å²) in [6, 6.07) is 28.0. The summed E-state index contributed by atoms with van der Waals surface area (Å²) in [6.45, 7) is 0.780. The zero-order valence-corrected chi connectivity index (χ0v) is 24.0. The number of rotatable bonds is 9. The molecule has 4 aromatic carbocycles. The van der Waals surface area contributed by atoms with Gasteiger partial charge in [-0.25, -0.2) is 4.79 Å². The van der Waals surface area contributed by atoms with Crippen molar-refractivity contribution in [1.82, 2.24) is 15.1 Å². The number of amides is 5. The summed E-state index contributed by atoms with van der Waals surface area (Å²) in [5.41, 5.74) is 7.94. The summed E-state index contributed by atoms with van der Waals surface area (Å²) in [5, 5.41) is 7.89. The van der Waals surface area contributed by atoms with Gasteiger partial charge in [-0.05, 0) is 52.9 Å². The second-order valence-electron chi connectivity index (χ2n) is 10.9. The van der Waals surface area contributed by atoms with E-state index in [4.69, 9.17) is 5.73 Å². The fraction of sp³-hybridized carbons (Fsp3) is 0.235. The van der Waals surface area contributed by atoms with Crippen LogP contribution in [0.5, 0.6) is 0 Å². The Bertz CT molecular complexity index is 1640. The maximum Gasteiger partial charge on any atom is 0.322 e. The number of carbonyl (C=O) groups is 4. The van der Waals surface area contributed by atoms with E-state index in [9.17, 15) is 19.2 Å². The van der Waals surface area contributed by atoms with Crippen LogP contribution < -0.4 is 16.4 Å². The molecule has 9 nitrogen and oxygen atoms in total. The molecule has 5 rings (SSSR count). The lowest BCUT2D eigenvalue weighted by atomic mass is 10.00. The van der Waals surface area contributed by atoms with Gasteiger partial charge >= 0.3 is 6.03 Å². The van der Waals surface area contributed by atoms with E-state index in [2.05, 4.69) is 10.6 Å². The lowest BCUT2D eigenvalue weighted by Crippen LogP contribution is -2.54. The fourth-order valence-electron chi connectivity index (χ4n) is 5.50. The number of urea groups is 1. The average molecular weight is 578 g/mol. The van der Waals surface area contributed by atoms with Crippen molar-refractivity contribution in [3.8, 4) is 0 Å². The number of nitrogens with two attached hydrogens (primary N) is 1. The van der Waals surface area contributed by atoms with Crippen molar-refractivity contribution < 1.29 is 19.2 Å². The quantitative estimate of drug-likeness (QED) is 0.274. The Balaban J connectivity index is 1.33. The first kappa shape index (κ1) is 29.3. The van der Waals surface area contributed by atoms with Crippen molar-refractivity contribution in [3.63, 3.8) is 0 Å². The number of benzene rings is 4. The largest absolute Gasteiger partial charge is 0.366 e. The van der Waals surface area contributed by atoms with Gasteiger partial charge in [0.15, 0.2) is 0 Å². The van der Waals surface area contributed by atoms with Gasteiger partial charge in [0.2, 0.25) is 17.7 Å². The number of primary amides is 1. The van der Waals surface area contributed by atoms with E-state index >= 15 is 0 Å². The number of carbonyl (C=O) groups excluding carboxylic acids is 4. The molecule has 5 amide bonds. The van der Waals surface area contributed by atoms with Crippen molar-refractivity contribution in [3.05, 3.63) is 114 Å². The van der Waals surface area contributed by atoms with Crippen molar-refractivity contribution in [1.29, 1.82) is 0 Å². The zero-order valence-electron chi connectivity index (χ0n) is 24.0. The highest BCUT2D eigenvalue weighted by atomic mass is 16.2. The maximum absolute atomic E-state index is 13.8. The average Bonchev–Trinajstić information content (AvgIpc) is 3.51. The van der Waals surface area contributed by atoms with Crippen LogP contribution in [0.4, 0.5) is 10.5 Å². The maximum atomic E-state index is 13.8. The molecule has 1 aliphatic heterocycles. The highest BCUT2D eigenvalue weighted by Crippen LogP contribution is 2.22.